The normalized spacial score (nSPS) is 22.9. The lowest BCUT2D eigenvalue weighted by atomic mass is 10.2. The van der Waals surface area contributed by atoms with Gasteiger partial charge in [0.15, 0.2) is 0 Å². The van der Waals surface area contributed by atoms with Crippen LogP contribution in [0.25, 0.3) is 0 Å². The highest BCUT2D eigenvalue weighted by molar-refractivity contribution is 6.42. The summed E-state index contributed by atoms with van der Waals surface area (Å²) >= 11 is 11.8. The lowest BCUT2D eigenvalue weighted by Gasteiger charge is -2.25. The number of amides is 3. The maximum Gasteiger partial charge on any atom is 0.322 e. The topological polar surface area (TPSA) is 70.7 Å². The molecule has 1 aromatic carbocycles. The Hall–Kier alpha value is -1.50. The van der Waals surface area contributed by atoms with Crippen LogP contribution in [0.4, 0.5) is 10.5 Å². The van der Waals surface area contributed by atoms with Gasteiger partial charge in [-0.2, -0.15) is 0 Å². The number of nitrogens with one attached hydrogen (secondary N) is 2. The molecule has 2 heterocycles. The molecular weight excluding hydrogens is 365 g/mol. The summed E-state index contributed by atoms with van der Waals surface area (Å²) < 4.78 is 5.51. The fraction of sp³-hybridized carbons (Fsp3) is 0.529. The number of hydrogen-bond donors (Lipinski definition) is 2. The summed E-state index contributed by atoms with van der Waals surface area (Å²) in [7, 11) is 0. The molecule has 0 aromatic heterocycles. The van der Waals surface area contributed by atoms with Crippen LogP contribution in [0.15, 0.2) is 18.2 Å². The smallest absolute Gasteiger partial charge is 0.322 e. The molecule has 2 saturated heterocycles. The van der Waals surface area contributed by atoms with Crippen LogP contribution in [0.2, 0.25) is 10.0 Å². The number of rotatable bonds is 4. The molecule has 0 radical (unpaired) electrons. The van der Waals surface area contributed by atoms with Crippen LogP contribution < -0.4 is 10.6 Å². The minimum absolute atomic E-state index is 0.0869. The number of ether oxygens (including phenoxy) is 1. The van der Waals surface area contributed by atoms with E-state index in [2.05, 4.69) is 10.6 Å². The number of likely N-dealkylation sites (tertiary alicyclic amines) is 1. The molecule has 2 aliphatic heterocycles. The molecule has 0 aliphatic carbocycles. The van der Waals surface area contributed by atoms with E-state index in [1.165, 1.54) is 0 Å². The minimum atomic E-state index is -0.454. The van der Waals surface area contributed by atoms with E-state index >= 15 is 0 Å². The Morgan fingerprint density at radius 2 is 2.04 bits per heavy atom. The number of carbonyl (C=O) groups excluding carboxylic acids is 2. The van der Waals surface area contributed by atoms with Gasteiger partial charge < -0.3 is 20.3 Å². The largest absolute Gasteiger partial charge is 0.376 e. The molecule has 8 heteroatoms. The summed E-state index contributed by atoms with van der Waals surface area (Å²) in [4.78, 5) is 26.5. The number of halogens is 2. The predicted octanol–water partition coefficient (Wildman–Crippen LogP) is 3.28. The monoisotopic (exact) mass is 385 g/mol. The van der Waals surface area contributed by atoms with Gasteiger partial charge in [-0.3, -0.25) is 4.79 Å². The Bertz CT molecular complexity index is 650. The Kier molecular flexibility index (Phi) is 6.04. The first-order chi connectivity index (χ1) is 12.0. The molecule has 2 aliphatic rings. The lowest BCUT2D eigenvalue weighted by Crippen LogP contribution is -2.48. The highest BCUT2D eigenvalue weighted by Gasteiger charge is 2.34. The molecular formula is C17H21Cl2N3O3. The average Bonchev–Trinajstić information content (AvgIpc) is 3.27. The molecule has 0 unspecified atom stereocenters. The standard InChI is InChI=1S/C17H21Cl2N3O3/c18-13-6-5-11(9-14(13)19)21-17(24)22-7-1-4-15(22)16(23)20-10-12-3-2-8-25-12/h5-6,9,12,15H,1-4,7-8,10H2,(H,20,23)(H,21,24)/t12-,15+/m1/s1. The van der Waals surface area contributed by atoms with Crippen LogP contribution in [0, 0.1) is 0 Å². The van der Waals surface area contributed by atoms with E-state index in [1.54, 1.807) is 23.1 Å². The van der Waals surface area contributed by atoms with Gasteiger partial charge in [0.05, 0.1) is 16.1 Å². The molecule has 2 fully saturated rings. The summed E-state index contributed by atoms with van der Waals surface area (Å²) in [5, 5.41) is 6.47. The first kappa shape index (κ1) is 18.3. The van der Waals surface area contributed by atoms with Crippen LogP contribution in [-0.2, 0) is 9.53 Å². The Morgan fingerprint density at radius 1 is 1.20 bits per heavy atom. The van der Waals surface area contributed by atoms with Gasteiger partial charge in [0, 0.05) is 25.4 Å². The second kappa shape index (κ2) is 8.25. The van der Waals surface area contributed by atoms with Crippen LogP contribution in [0.5, 0.6) is 0 Å². The number of hydrogen-bond acceptors (Lipinski definition) is 3. The van der Waals surface area contributed by atoms with Crippen LogP contribution in [0.3, 0.4) is 0 Å². The van der Waals surface area contributed by atoms with Crippen LogP contribution >= 0.6 is 23.2 Å². The summed E-state index contributed by atoms with van der Waals surface area (Å²) in [5.41, 5.74) is 0.546. The molecule has 2 atom stereocenters. The highest BCUT2D eigenvalue weighted by Crippen LogP contribution is 2.26. The molecule has 6 nitrogen and oxygen atoms in total. The van der Waals surface area contributed by atoms with Crippen molar-refractivity contribution < 1.29 is 14.3 Å². The zero-order valence-electron chi connectivity index (χ0n) is 13.8. The first-order valence-electron chi connectivity index (χ1n) is 8.46. The average molecular weight is 386 g/mol. The van der Waals surface area contributed by atoms with Gasteiger partial charge >= 0.3 is 6.03 Å². The highest BCUT2D eigenvalue weighted by atomic mass is 35.5. The van der Waals surface area contributed by atoms with Gasteiger partial charge in [0.2, 0.25) is 5.91 Å². The van der Waals surface area contributed by atoms with Crippen LogP contribution in [-0.4, -0.2) is 48.7 Å². The van der Waals surface area contributed by atoms with Gasteiger partial charge in [0.25, 0.3) is 0 Å². The second-order valence-electron chi connectivity index (χ2n) is 6.29. The summed E-state index contributed by atoms with van der Waals surface area (Å²) in [5.74, 6) is -0.128. The van der Waals surface area contributed by atoms with Gasteiger partial charge in [-0.25, -0.2) is 4.79 Å². The fourth-order valence-corrected chi connectivity index (χ4v) is 3.49. The van der Waals surface area contributed by atoms with E-state index in [9.17, 15) is 9.59 Å². The SMILES string of the molecule is O=C(NC[C@H]1CCCO1)[C@@H]1CCCN1C(=O)Nc1ccc(Cl)c(Cl)c1. The first-order valence-corrected chi connectivity index (χ1v) is 9.22. The number of carbonyl (C=O) groups is 2. The number of anilines is 1. The van der Waals surface area contributed by atoms with Crippen molar-refractivity contribution in [2.75, 3.05) is 25.0 Å². The number of nitrogens with zero attached hydrogens (tertiary/aromatic N) is 1. The molecule has 2 N–H and O–H groups in total. The van der Waals surface area contributed by atoms with E-state index in [4.69, 9.17) is 27.9 Å². The molecule has 3 rings (SSSR count). The van der Waals surface area contributed by atoms with Gasteiger partial charge in [0.1, 0.15) is 6.04 Å². The summed E-state index contributed by atoms with van der Waals surface area (Å²) in [6.07, 6.45) is 3.54. The maximum absolute atomic E-state index is 12.5. The lowest BCUT2D eigenvalue weighted by molar-refractivity contribution is -0.125. The van der Waals surface area contributed by atoms with E-state index in [0.29, 0.717) is 35.2 Å². The third kappa shape index (κ3) is 4.57. The quantitative estimate of drug-likeness (QED) is 0.835. The van der Waals surface area contributed by atoms with Gasteiger partial charge in [-0.15, -0.1) is 0 Å². The Labute approximate surface area is 156 Å². The molecule has 3 amide bonds. The third-order valence-electron chi connectivity index (χ3n) is 4.52. The van der Waals surface area contributed by atoms with Crippen molar-refractivity contribution in [3.8, 4) is 0 Å². The van der Waals surface area contributed by atoms with Crippen molar-refractivity contribution in [3.05, 3.63) is 28.2 Å². The molecule has 0 bridgehead atoms. The van der Waals surface area contributed by atoms with Crippen molar-refractivity contribution >= 4 is 40.8 Å². The predicted molar refractivity (Wildman–Crippen MR) is 97.2 cm³/mol. The molecule has 0 saturated carbocycles. The molecule has 136 valence electrons. The van der Waals surface area contributed by atoms with E-state index in [0.717, 1.165) is 25.9 Å². The molecule has 1 aromatic rings. The zero-order chi connectivity index (χ0) is 17.8. The van der Waals surface area contributed by atoms with E-state index in [-0.39, 0.29) is 18.0 Å². The second-order valence-corrected chi connectivity index (χ2v) is 7.11. The molecule has 0 spiro atoms. The maximum atomic E-state index is 12.5. The van der Waals surface area contributed by atoms with E-state index < -0.39 is 6.04 Å². The summed E-state index contributed by atoms with van der Waals surface area (Å²) in [6.45, 7) is 1.80. The van der Waals surface area contributed by atoms with Crippen molar-refractivity contribution in [3.63, 3.8) is 0 Å². The number of benzene rings is 1. The van der Waals surface area contributed by atoms with Gasteiger partial charge in [-0.05, 0) is 43.9 Å². The number of urea groups is 1. The van der Waals surface area contributed by atoms with Crippen molar-refractivity contribution in [2.24, 2.45) is 0 Å². The van der Waals surface area contributed by atoms with Crippen molar-refractivity contribution in [2.45, 2.75) is 37.8 Å². The van der Waals surface area contributed by atoms with Crippen molar-refractivity contribution in [1.82, 2.24) is 10.2 Å². The Morgan fingerprint density at radius 3 is 2.76 bits per heavy atom. The van der Waals surface area contributed by atoms with Gasteiger partial charge in [-0.1, -0.05) is 23.2 Å². The molecule has 25 heavy (non-hydrogen) atoms. The van der Waals surface area contributed by atoms with Crippen molar-refractivity contribution in [1.29, 1.82) is 0 Å². The fourth-order valence-electron chi connectivity index (χ4n) is 3.19. The minimum Gasteiger partial charge on any atom is -0.376 e. The zero-order valence-corrected chi connectivity index (χ0v) is 15.3. The Balaban J connectivity index is 1.56. The van der Waals surface area contributed by atoms with Crippen LogP contribution in [0.1, 0.15) is 25.7 Å². The van der Waals surface area contributed by atoms with E-state index in [1.807, 2.05) is 0 Å². The summed E-state index contributed by atoms with van der Waals surface area (Å²) in [6, 6.07) is 4.12. The third-order valence-corrected chi connectivity index (χ3v) is 5.25.